The molecule has 1 aromatic rings. The lowest BCUT2D eigenvalue weighted by atomic mass is 9.75. The fraction of sp³-hybridized carbons (Fsp3) is 0.630. The maximum atomic E-state index is 13.1. The van der Waals surface area contributed by atoms with Crippen LogP contribution in [0.4, 0.5) is 0 Å². The number of allylic oxidation sites excluding steroid dienone is 2. The molecule has 0 aliphatic carbocycles. The van der Waals surface area contributed by atoms with E-state index < -0.39 is 17.4 Å². The molecule has 32 heavy (non-hydrogen) atoms. The Kier molecular flexibility index (Phi) is 10.1. The van der Waals surface area contributed by atoms with Crippen molar-refractivity contribution in [1.29, 1.82) is 0 Å². The second-order valence-electron chi connectivity index (χ2n) is 9.95. The third-order valence-corrected chi connectivity index (χ3v) is 7.27. The molecular weight excluding hydrogens is 418 g/mol. The van der Waals surface area contributed by atoms with Gasteiger partial charge in [-0.2, -0.15) is 0 Å². The zero-order valence-electron chi connectivity index (χ0n) is 20.9. The van der Waals surface area contributed by atoms with Crippen LogP contribution in [0.15, 0.2) is 34.8 Å². The molecule has 4 atom stereocenters. The van der Waals surface area contributed by atoms with Crippen molar-refractivity contribution < 1.29 is 14.6 Å². The smallest absolute Gasteiger partial charge is 0.143 e. The van der Waals surface area contributed by atoms with E-state index >= 15 is 0 Å². The fourth-order valence-corrected chi connectivity index (χ4v) is 4.79. The van der Waals surface area contributed by atoms with Crippen molar-refractivity contribution >= 4 is 23.2 Å². The van der Waals surface area contributed by atoms with Gasteiger partial charge in [-0.3, -0.25) is 4.79 Å². The fourth-order valence-electron chi connectivity index (χ4n) is 4.22. The molecule has 2 rings (SSSR count). The number of hydrogen-bond acceptors (Lipinski definition) is 5. The molecule has 0 bridgehead atoms. The van der Waals surface area contributed by atoms with E-state index in [1.165, 1.54) is 5.57 Å². The molecule has 0 aromatic carbocycles. The maximum absolute atomic E-state index is 13.1. The summed E-state index contributed by atoms with van der Waals surface area (Å²) in [7, 11) is 0. The zero-order chi connectivity index (χ0) is 23.9. The van der Waals surface area contributed by atoms with Crippen molar-refractivity contribution in [3.05, 3.63) is 45.5 Å². The van der Waals surface area contributed by atoms with Gasteiger partial charge in [0, 0.05) is 29.2 Å². The molecule has 5 heteroatoms. The van der Waals surface area contributed by atoms with Gasteiger partial charge in [0.2, 0.25) is 0 Å². The van der Waals surface area contributed by atoms with Crippen molar-refractivity contribution in [2.24, 2.45) is 17.3 Å². The Labute approximate surface area is 198 Å². The zero-order valence-corrected chi connectivity index (χ0v) is 21.7. The Morgan fingerprint density at radius 1 is 1.31 bits per heavy atom. The third kappa shape index (κ3) is 7.79. The van der Waals surface area contributed by atoms with E-state index in [2.05, 4.69) is 42.4 Å². The van der Waals surface area contributed by atoms with Gasteiger partial charge < -0.3 is 9.84 Å². The van der Waals surface area contributed by atoms with Crippen LogP contribution >= 0.6 is 11.3 Å². The number of hydrogen-bond donors (Lipinski definition) is 1. The van der Waals surface area contributed by atoms with Crippen molar-refractivity contribution in [2.75, 3.05) is 6.61 Å². The lowest BCUT2D eigenvalue weighted by Crippen LogP contribution is -2.38. The molecule has 1 aliphatic rings. The average molecular weight is 460 g/mol. The Morgan fingerprint density at radius 3 is 2.69 bits per heavy atom. The van der Waals surface area contributed by atoms with Gasteiger partial charge in [-0.25, -0.2) is 4.98 Å². The highest BCUT2D eigenvalue weighted by Crippen LogP contribution is 2.31. The number of Topliss-reactive ketones (excluding diaryl/α,β-unsaturated/α-hetero) is 1. The second-order valence-corrected chi connectivity index (χ2v) is 11.0. The molecule has 1 aliphatic heterocycles. The molecule has 0 fully saturated rings. The number of aliphatic hydroxyl groups is 1. The molecule has 1 aromatic heterocycles. The first-order chi connectivity index (χ1) is 15.0. The monoisotopic (exact) mass is 459 g/mol. The summed E-state index contributed by atoms with van der Waals surface area (Å²) in [6, 6.07) is 0. The number of carbonyl (C=O) groups is 1. The number of aryl methyl sites for hydroxylation is 1. The number of aliphatic hydroxyl groups excluding tert-OH is 1. The van der Waals surface area contributed by atoms with E-state index in [9.17, 15) is 9.90 Å². The van der Waals surface area contributed by atoms with Crippen LogP contribution in [0.5, 0.6) is 0 Å². The van der Waals surface area contributed by atoms with Gasteiger partial charge in [0.15, 0.2) is 0 Å². The van der Waals surface area contributed by atoms with Gasteiger partial charge in [0.05, 0.1) is 22.9 Å². The van der Waals surface area contributed by atoms with Crippen LogP contribution < -0.4 is 0 Å². The van der Waals surface area contributed by atoms with Gasteiger partial charge >= 0.3 is 0 Å². The number of ether oxygens (including phenoxy) is 1. The minimum atomic E-state index is -0.669. The van der Waals surface area contributed by atoms with Crippen LogP contribution in [0, 0.1) is 24.2 Å². The van der Waals surface area contributed by atoms with E-state index in [0.717, 1.165) is 42.0 Å². The number of rotatable bonds is 2. The lowest BCUT2D eigenvalue weighted by molar-refractivity contribution is -0.135. The molecular formula is C27H41NO3S. The van der Waals surface area contributed by atoms with Crippen LogP contribution in [0.25, 0.3) is 6.08 Å². The van der Waals surface area contributed by atoms with E-state index in [-0.39, 0.29) is 17.8 Å². The summed E-state index contributed by atoms with van der Waals surface area (Å²) in [6.07, 6.45) is 11.0. The second kappa shape index (κ2) is 12.1. The van der Waals surface area contributed by atoms with E-state index in [0.29, 0.717) is 6.61 Å². The van der Waals surface area contributed by atoms with E-state index in [1.807, 2.05) is 40.7 Å². The molecule has 0 spiro atoms. The van der Waals surface area contributed by atoms with Crippen LogP contribution in [-0.2, 0) is 9.53 Å². The number of thiazole rings is 1. The minimum absolute atomic E-state index is 0.0117. The van der Waals surface area contributed by atoms with Crippen molar-refractivity contribution in [3.8, 4) is 0 Å². The maximum Gasteiger partial charge on any atom is 0.143 e. The Hall–Kier alpha value is -1.56. The third-order valence-electron chi connectivity index (χ3n) is 6.48. The van der Waals surface area contributed by atoms with Crippen molar-refractivity contribution in [1.82, 2.24) is 4.98 Å². The summed E-state index contributed by atoms with van der Waals surface area (Å²) in [4.78, 5) is 17.7. The highest BCUT2D eigenvalue weighted by atomic mass is 32.1. The van der Waals surface area contributed by atoms with Crippen molar-refractivity contribution in [2.45, 2.75) is 86.4 Å². The Morgan fingerprint density at radius 2 is 2.03 bits per heavy atom. The van der Waals surface area contributed by atoms with E-state index in [1.54, 1.807) is 11.3 Å². The van der Waals surface area contributed by atoms with Gasteiger partial charge in [-0.05, 0) is 58.1 Å². The summed E-state index contributed by atoms with van der Waals surface area (Å²) in [5.74, 6) is -0.331. The van der Waals surface area contributed by atoms with Gasteiger partial charge in [0.25, 0.3) is 0 Å². The van der Waals surface area contributed by atoms with Crippen LogP contribution in [0.1, 0.15) is 77.9 Å². The summed E-state index contributed by atoms with van der Waals surface area (Å²) < 4.78 is 6.31. The molecule has 0 saturated carbocycles. The standard InChI is InChI=1S/C27H41NO3S/c1-18-10-8-11-19(2)25(29)21(4)26(30)27(6,7)14-9-15-31-24(13-12-18)20(3)16-23-17-32-22(5)28-23/h8,11-12,16-17,19,21,24-25,29H,9-10,13-15H2,1-7H3/b11-8+,18-12-,20-16+. The molecule has 2 heterocycles. The average Bonchev–Trinajstić information content (AvgIpc) is 3.14. The number of nitrogens with zero attached hydrogens (tertiary/aromatic N) is 1. The molecule has 0 radical (unpaired) electrons. The topological polar surface area (TPSA) is 59.4 Å². The van der Waals surface area contributed by atoms with E-state index in [4.69, 9.17) is 4.74 Å². The molecule has 0 amide bonds. The number of carbonyl (C=O) groups excluding carboxylic acids is 1. The predicted molar refractivity (Wildman–Crippen MR) is 135 cm³/mol. The van der Waals surface area contributed by atoms with Gasteiger partial charge in [-0.15, -0.1) is 11.3 Å². The minimum Gasteiger partial charge on any atom is -0.392 e. The molecule has 4 unspecified atom stereocenters. The highest BCUT2D eigenvalue weighted by Gasteiger charge is 2.35. The SMILES string of the molecule is C/C1=C/CC(/C(C)=C/c2csc(C)n2)OCCCC(C)(C)C(=O)C(C)C(O)C(C)/C=C/C1. The highest BCUT2D eigenvalue weighted by molar-refractivity contribution is 7.09. The van der Waals surface area contributed by atoms with Crippen LogP contribution in [0.2, 0.25) is 0 Å². The normalized spacial score (nSPS) is 31.7. The van der Waals surface area contributed by atoms with Crippen molar-refractivity contribution in [3.63, 3.8) is 0 Å². The summed E-state index contributed by atoms with van der Waals surface area (Å²) in [6.45, 7) is 14.7. The Balaban J connectivity index is 2.23. The van der Waals surface area contributed by atoms with Crippen LogP contribution in [0.3, 0.4) is 0 Å². The molecule has 178 valence electrons. The summed E-state index contributed by atoms with van der Waals surface area (Å²) in [5, 5.41) is 13.9. The predicted octanol–water partition coefficient (Wildman–Crippen LogP) is 6.54. The molecule has 0 saturated heterocycles. The number of ketones is 1. The lowest BCUT2D eigenvalue weighted by Gasteiger charge is -2.31. The number of aromatic nitrogens is 1. The quantitative estimate of drug-likeness (QED) is 0.510. The largest absolute Gasteiger partial charge is 0.392 e. The first kappa shape index (κ1) is 26.7. The molecule has 4 nitrogen and oxygen atoms in total. The van der Waals surface area contributed by atoms with Crippen LogP contribution in [-0.4, -0.2) is 34.7 Å². The molecule has 1 N–H and O–H groups in total. The Bertz CT molecular complexity index is 849. The first-order valence-corrected chi connectivity index (χ1v) is 12.7. The first-order valence-electron chi connectivity index (χ1n) is 11.8. The van der Waals surface area contributed by atoms with Gasteiger partial charge in [0.1, 0.15) is 5.78 Å². The van der Waals surface area contributed by atoms with Gasteiger partial charge in [-0.1, -0.05) is 51.5 Å². The summed E-state index contributed by atoms with van der Waals surface area (Å²) in [5.41, 5.74) is 2.93. The summed E-state index contributed by atoms with van der Waals surface area (Å²) >= 11 is 1.65.